The third-order valence-electron chi connectivity index (χ3n) is 3.19. The molecule has 0 aromatic heterocycles. The highest BCUT2D eigenvalue weighted by Gasteiger charge is 2.21. The minimum atomic E-state index is 0.445. The maximum Gasteiger partial charge on any atom is 0.0110 e. The van der Waals surface area contributed by atoms with E-state index in [9.17, 15) is 0 Å². The molecule has 1 heterocycles. The Balaban J connectivity index is 2.18. The molecule has 0 N–H and O–H groups in total. The van der Waals surface area contributed by atoms with Gasteiger partial charge in [-0.15, -0.1) is 0 Å². The van der Waals surface area contributed by atoms with Gasteiger partial charge in [-0.1, -0.05) is 34.6 Å². The van der Waals surface area contributed by atoms with Crippen LogP contribution in [0.25, 0.3) is 0 Å². The van der Waals surface area contributed by atoms with Crippen molar-refractivity contribution in [3.8, 4) is 0 Å². The van der Waals surface area contributed by atoms with E-state index in [0.29, 0.717) is 5.41 Å². The van der Waals surface area contributed by atoms with Gasteiger partial charge in [0.25, 0.3) is 0 Å². The molecule has 0 aliphatic carbocycles. The van der Waals surface area contributed by atoms with Crippen molar-refractivity contribution in [3.05, 3.63) is 0 Å². The summed E-state index contributed by atoms with van der Waals surface area (Å²) in [6.45, 7) is 19.2. The average Bonchev–Trinajstić information content (AvgIpc) is 2.14. The Morgan fingerprint density at radius 1 is 0.938 bits per heavy atom. The number of piperazine rings is 1. The fraction of sp³-hybridized carbons (Fsp3) is 1.00. The lowest BCUT2D eigenvalue weighted by molar-refractivity contribution is 0.0996. The first-order chi connectivity index (χ1) is 7.37. The Morgan fingerprint density at radius 3 is 1.88 bits per heavy atom. The predicted octanol–water partition coefficient (Wildman–Crippen LogP) is 2.70. The Labute approximate surface area is 102 Å². The lowest BCUT2D eigenvalue weighted by Crippen LogP contribution is -2.48. The first-order valence-corrected chi connectivity index (χ1v) is 6.81. The predicted molar refractivity (Wildman–Crippen MR) is 71.8 cm³/mol. The molecule has 0 amide bonds. The molecular weight excluding hydrogens is 196 g/mol. The zero-order valence-electron chi connectivity index (χ0n) is 11.9. The van der Waals surface area contributed by atoms with Crippen molar-refractivity contribution < 1.29 is 0 Å². The summed E-state index contributed by atoms with van der Waals surface area (Å²) in [5.74, 6) is 0.840. The van der Waals surface area contributed by atoms with Gasteiger partial charge in [0.15, 0.2) is 0 Å². The van der Waals surface area contributed by atoms with Crippen LogP contribution in [0.1, 0.15) is 41.0 Å². The molecule has 1 fully saturated rings. The average molecular weight is 226 g/mol. The topological polar surface area (TPSA) is 6.48 Å². The van der Waals surface area contributed by atoms with Crippen LogP contribution in [0.5, 0.6) is 0 Å². The molecular formula is C14H30N2. The molecule has 2 nitrogen and oxygen atoms in total. The van der Waals surface area contributed by atoms with Crippen LogP contribution < -0.4 is 0 Å². The van der Waals surface area contributed by atoms with E-state index in [1.165, 1.54) is 45.7 Å². The smallest absolute Gasteiger partial charge is 0.0110 e. The van der Waals surface area contributed by atoms with Gasteiger partial charge in [-0.3, -0.25) is 0 Å². The van der Waals surface area contributed by atoms with Crippen LogP contribution in [-0.4, -0.2) is 49.1 Å². The standard InChI is InChI=1S/C14H30N2/c1-13(2)6-7-15-8-10-16(11-9-15)12-14(3,4)5/h13H,6-12H2,1-5H3. The van der Waals surface area contributed by atoms with E-state index >= 15 is 0 Å². The summed E-state index contributed by atoms with van der Waals surface area (Å²) in [5.41, 5.74) is 0.445. The SMILES string of the molecule is CC(C)CCN1CCN(CC(C)(C)C)CC1. The van der Waals surface area contributed by atoms with E-state index in [4.69, 9.17) is 0 Å². The molecule has 0 aromatic rings. The van der Waals surface area contributed by atoms with Gasteiger partial charge in [-0.2, -0.15) is 0 Å². The third-order valence-corrected chi connectivity index (χ3v) is 3.19. The van der Waals surface area contributed by atoms with Crippen LogP contribution in [0.2, 0.25) is 0 Å². The summed E-state index contributed by atoms with van der Waals surface area (Å²) < 4.78 is 0. The molecule has 1 saturated heterocycles. The highest BCUT2D eigenvalue weighted by atomic mass is 15.3. The van der Waals surface area contributed by atoms with Crippen molar-refractivity contribution in [1.82, 2.24) is 9.80 Å². The molecule has 0 radical (unpaired) electrons. The van der Waals surface area contributed by atoms with E-state index < -0.39 is 0 Å². The van der Waals surface area contributed by atoms with Gasteiger partial charge in [0.05, 0.1) is 0 Å². The van der Waals surface area contributed by atoms with Crippen LogP contribution in [0.3, 0.4) is 0 Å². The maximum absolute atomic E-state index is 2.62. The second kappa shape index (κ2) is 6.02. The van der Waals surface area contributed by atoms with E-state index in [0.717, 1.165) is 5.92 Å². The van der Waals surface area contributed by atoms with Crippen LogP contribution in [0.15, 0.2) is 0 Å². The highest BCUT2D eigenvalue weighted by Crippen LogP contribution is 2.16. The third kappa shape index (κ3) is 5.86. The minimum Gasteiger partial charge on any atom is -0.301 e. The van der Waals surface area contributed by atoms with Crippen molar-refractivity contribution in [2.45, 2.75) is 41.0 Å². The van der Waals surface area contributed by atoms with Crippen molar-refractivity contribution in [2.75, 3.05) is 39.3 Å². The summed E-state index contributed by atoms with van der Waals surface area (Å²) in [5, 5.41) is 0. The Morgan fingerprint density at radius 2 is 1.44 bits per heavy atom. The first-order valence-electron chi connectivity index (χ1n) is 6.81. The molecule has 1 rings (SSSR count). The van der Waals surface area contributed by atoms with Gasteiger partial charge >= 0.3 is 0 Å². The molecule has 1 aliphatic rings. The molecule has 0 unspecified atom stereocenters. The van der Waals surface area contributed by atoms with Gasteiger partial charge in [0.1, 0.15) is 0 Å². The zero-order valence-corrected chi connectivity index (χ0v) is 11.9. The molecule has 1 aliphatic heterocycles. The molecule has 0 spiro atoms. The quantitative estimate of drug-likeness (QED) is 0.727. The number of nitrogens with zero attached hydrogens (tertiary/aromatic N) is 2. The summed E-state index contributed by atoms with van der Waals surface area (Å²) >= 11 is 0. The second-order valence-electron chi connectivity index (χ2n) is 6.86. The lowest BCUT2D eigenvalue weighted by Gasteiger charge is -2.38. The highest BCUT2D eigenvalue weighted by molar-refractivity contribution is 4.76. The lowest BCUT2D eigenvalue weighted by atomic mass is 9.96. The monoisotopic (exact) mass is 226 g/mol. The van der Waals surface area contributed by atoms with Crippen molar-refractivity contribution >= 4 is 0 Å². The fourth-order valence-corrected chi connectivity index (χ4v) is 2.28. The first kappa shape index (κ1) is 14.0. The fourth-order valence-electron chi connectivity index (χ4n) is 2.28. The zero-order chi connectivity index (χ0) is 12.2. The molecule has 0 saturated carbocycles. The number of hydrogen-bond donors (Lipinski definition) is 0. The van der Waals surface area contributed by atoms with E-state index in [1.54, 1.807) is 0 Å². The van der Waals surface area contributed by atoms with Crippen molar-refractivity contribution in [2.24, 2.45) is 11.3 Å². The van der Waals surface area contributed by atoms with E-state index in [-0.39, 0.29) is 0 Å². The van der Waals surface area contributed by atoms with Crippen LogP contribution in [0, 0.1) is 11.3 Å². The van der Waals surface area contributed by atoms with Crippen LogP contribution in [0.4, 0.5) is 0 Å². The summed E-state index contributed by atoms with van der Waals surface area (Å²) in [6, 6.07) is 0. The van der Waals surface area contributed by atoms with E-state index in [2.05, 4.69) is 44.4 Å². The van der Waals surface area contributed by atoms with Gasteiger partial charge in [-0.05, 0) is 24.3 Å². The van der Waals surface area contributed by atoms with Gasteiger partial charge < -0.3 is 9.80 Å². The normalized spacial score (nSPS) is 20.6. The maximum atomic E-state index is 2.62. The number of rotatable bonds is 4. The summed E-state index contributed by atoms with van der Waals surface area (Å²) in [6.07, 6.45) is 1.35. The molecule has 2 heteroatoms. The van der Waals surface area contributed by atoms with Crippen LogP contribution in [-0.2, 0) is 0 Å². The van der Waals surface area contributed by atoms with Crippen molar-refractivity contribution in [1.29, 1.82) is 0 Å². The Kier molecular flexibility index (Phi) is 5.26. The Bertz CT molecular complexity index is 185. The van der Waals surface area contributed by atoms with E-state index in [1.807, 2.05) is 0 Å². The minimum absolute atomic E-state index is 0.445. The van der Waals surface area contributed by atoms with Crippen LogP contribution >= 0.6 is 0 Å². The molecule has 0 atom stereocenters. The summed E-state index contributed by atoms with van der Waals surface area (Å²) in [7, 11) is 0. The number of hydrogen-bond acceptors (Lipinski definition) is 2. The van der Waals surface area contributed by atoms with Gasteiger partial charge in [0, 0.05) is 32.7 Å². The largest absolute Gasteiger partial charge is 0.301 e. The van der Waals surface area contributed by atoms with Crippen molar-refractivity contribution in [3.63, 3.8) is 0 Å². The second-order valence-corrected chi connectivity index (χ2v) is 6.86. The summed E-state index contributed by atoms with van der Waals surface area (Å²) in [4.78, 5) is 5.24. The molecule has 0 bridgehead atoms. The molecule has 96 valence electrons. The Hall–Kier alpha value is -0.0800. The van der Waals surface area contributed by atoms with Gasteiger partial charge in [0.2, 0.25) is 0 Å². The van der Waals surface area contributed by atoms with Gasteiger partial charge in [-0.25, -0.2) is 0 Å². The molecule has 16 heavy (non-hydrogen) atoms. The molecule has 0 aromatic carbocycles.